The lowest BCUT2D eigenvalue weighted by Gasteiger charge is -2.16. The molecule has 1 unspecified atom stereocenters. The third kappa shape index (κ3) is 3.85. The maximum absolute atomic E-state index is 13.3. The Labute approximate surface area is 132 Å². The van der Waals surface area contributed by atoms with Gasteiger partial charge in [-0.3, -0.25) is 9.78 Å². The van der Waals surface area contributed by atoms with Gasteiger partial charge in [0.2, 0.25) is 5.82 Å². The molecule has 0 spiro atoms. The van der Waals surface area contributed by atoms with Gasteiger partial charge in [-0.25, -0.2) is 13.9 Å². The van der Waals surface area contributed by atoms with Crippen LogP contribution in [0.2, 0.25) is 0 Å². The molecule has 1 aromatic heterocycles. The molecule has 1 aromatic carbocycles. The molecule has 2 aromatic rings. The zero-order valence-corrected chi connectivity index (χ0v) is 12.9. The van der Waals surface area contributed by atoms with E-state index in [-0.39, 0.29) is 17.6 Å². The number of amides is 1. The molecule has 122 valence electrons. The van der Waals surface area contributed by atoms with E-state index in [2.05, 4.69) is 15.4 Å². The standard InChI is InChI=1S/C16H19FN4O2/c1-21-16(23)19-14(20-21)15(22)18-9-12(11-5-6-11)7-10-3-2-4-13(17)8-10/h2-4,8,11-12H,5-7,9H2,1H3,(H,18,22)(H,19,20,23). The summed E-state index contributed by atoms with van der Waals surface area (Å²) in [6, 6.07) is 6.56. The molecule has 3 rings (SSSR count). The largest absolute Gasteiger partial charge is 0.349 e. The number of aromatic amines is 1. The fourth-order valence-corrected chi connectivity index (χ4v) is 2.75. The van der Waals surface area contributed by atoms with Gasteiger partial charge in [-0.1, -0.05) is 12.1 Å². The van der Waals surface area contributed by atoms with Crippen LogP contribution >= 0.6 is 0 Å². The van der Waals surface area contributed by atoms with Crippen LogP contribution in [0, 0.1) is 17.7 Å². The summed E-state index contributed by atoms with van der Waals surface area (Å²) in [6.07, 6.45) is 2.99. The Hall–Kier alpha value is -2.44. The summed E-state index contributed by atoms with van der Waals surface area (Å²) in [5.41, 5.74) is 0.510. The Morgan fingerprint density at radius 3 is 2.91 bits per heavy atom. The number of benzene rings is 1. The van der Waals surface area contributed by atoms with Gasteiger partial charge in [0.05, 0.1) is 0 Å². The topological polar surface area (TPSA) is 79.8 Å². The molecule has 1 fully saturated rings. The number of aromatic nitrogens is 3. The molecule has 0 bridgehead atoms. The summed E-state index contributed by atoms with van der Waals surface area (Å²) in [5.74, 6) is 0.190. The number of halogens is 1. The van der Waals surface area contributed by atoms with E-state index < -0.39 is 11.6 Å². The minimum Gasteiger partial charge on any atom is -0.349 e. The van der Waals surface area contributed by atoms with Crippen LogP contribution in [0.5, 0.6) is 0 Å². The van der Waals surface area contributed by atoms with Crippen molar-refractivity contribution < 1.29 is 9.18 Å². The first-order valence-electron chi connectivity index (χ1n) is 7.69. The van der Waals surface area contributed by atoms with Crippen molar-refractivity contribution in [2.75, 3.05) is 6.54 Å². The van der Waals surface area contributed by atoms with E-state index >= 15 is 0 Å². The van der Waals surface area contributed by atoms with Gasteiger partial charge in [0.15, 0.2) is 0 Å². The lowest BCUT2D eigenvalue weighted by molar-refractivity contribution is 0.0934. The van der Waals surface area contributed by atoms with Crippen molar-refractivity contribution in [3.05, 3.63) is 52.0 Å². The van der Waals surface area contributed by atoms with E-state index in [9.17, 15) is 14.0 Å². The molecule has 0 aliphatic heterocycles. The van der Waals surface area contributed by atoms with E-state index in [1.807, 2.05) is 6.07 Å². The molecule has 1 aliphatic rings. The molecule has 23 heavy (non-hydrogen) atoms. The van der Waals surface area contributed by atoms with E-state index in [0.29, 0.717) is 12.5 Å². The summed E-state index contributed by atoms with van der Waals surface area (Å²) < 4.78 is 14.4. The fraction of sp³-hybridized carbons (Fsp3) is 0.438. The monoisotopic (exact) mass is 318 g/mol. The summed E-state index contributed by atoms with van der Waals surface area (Å²) in [4.78, 5) is 25.8. The van der Waals surface area contributed by atoms with Crippen LogP contribution < -0.4 is 11.0 Å². The lowest BCUT2D eigenvalue weighted by Crippen LogP contribution is -2.32. The van der Waals surface area contributed by atoms with Crippen molar-refractivity contribution in [2.45, 2.75) is 19.3 Å². The number of hydrogen-bond acceptors (Lipinski definition) is 3. The van der Waals surface area contributed by atoms with Crippen LogP contribution in [-0.4, -0.2) is 27.2 Å². The third-order valence-electron chi connectivity index (χ3n) is 4.18. The summed E-state index contributed by atoms with van der Waals surface area (Å²) >= 11 is 0. The first kappa shape index (κ1) is 15.5. The van der Waals surface area contributed by atoms with Gasteiger partial charge in [-0.05, 0) is 48.8 Å². The van der Waals surface area contributed by atoms with Gasteiger partial charge in [-0.15, -0.1) is 5.10 Å². The molecular weight excluding hydrogens is 299 g/mol. The van der Waals surface area contributed by atoms with E-state index in [1.165, 1.54) is 19.2 Å². The number of H-pyrrole nitrogens is 1. The third-order valence-corrected chi connectivity index (χ3v) is 4.18. The van der Waals surface area contributed by atoms with Gasteiger partial charge in [0, 0.05) is 13.6 Å². The smallest absolute Gasteiger partial charge is 0.343 e. The molecular formula is C16H19FN4O2. The molecule has 1 atom stereocenters. The predicted molar refractivity (Wildman–Crippen MR) is 82.5 cm³/mol. The van der Waals surface area contributed by atoms with Gasteiger partial charge in [0.25, 0.3) is 5.91 Å². The summed E-state index contributed by atoms with van der Waals surface area (Å²) in [6.45, 7) is 0.485. The summed E-state index contributed by atoms with van der Waals surface area (Å²) in [5, 5.41) is 6.65. The molecule has 6 nitrogen and oxygen atoms in total. The maximum Gasteiger partial charge on any atom is 0.343 e. The number of carbonyl (C=O) groups excluding carboxylic acids is 1. The number of aryl methyl sites for hydroxylation is 1. The predicted octanol–water partition coefficient (Wildman–Crippen LogP) is 1.25. The number of hydrogen-bond donors (Lipinski definition) is 2. The second-order valence-corrected chi connectivity index (χ2v) is 6.04. The minimum atomic E-state index is -0.423. The highest BCUT2D eigenvalue weighted by atomic mass is 19.1. The highest BCUT2D eigenvalue weighted by Crippen LogP contribution is 2.38. The highest BCUT2D eigenvalue weighted by Gasteiger charge is 2.31. The Morgan fingerprint density at radius 2 is 2.30 bits per heavy atom. The second-order valence-electron chi connectivity index (χ2n) is 6.04. The summed E-state index contributed by atoms with van der Waals surface area (Å²) in [7, 11) is 1.48. The SMILES string of the molecule is Cn1nc(C(=O)NCC(Cc2cccc(F)c2)C2CC2)[nH]c1=O. The zero-order valence-electron chi connectivity index (χ0n) is 12.9. The number of carbonyl (C=O) groups is 1. The van der Waals surface area contributed by atoms with Crippen LogP contribution in [0.1, 0.15) is 29.0 Å². The molecule has 0 saturated heterocycles. The van der Waals surface area contributed by atoms with Crippen molar-refractivity contribution in [1.29, 1.82) is 0 Å². The highest BCUT2D eigenvalue weighted by molar-refractivity contribution is 5.90. The fourth-order valence-electron chi connectivity index (χ4n) is 2.75. The van der Waals surface area contributed by atoms with Crippen molar-refractivity contribution in [1.82, 2.24) is 20.1 Å². The Bertz CT molecular complexity index is 763. The van der Waals surface area contributed by atoms with E-state index in [1.54, 1.807) is 6.07 Å². The van der Waals surface area contributed by atoms with Crippen LogP contribution in [0.3, 0.4) is 0 Å². The van der Waals surface area contributed by atoms with Crippen LogP contribution in [0.4, 0.5) is 4.39 Å². The molecule has 2 N–H and O–H groups in total. The average Bonchev–Trinajstić information content (AvgIpc) is 3.30. The first-order chi connectivity index (χ1) is 11.0. The van der Waals surface area contributed by atoms with Crippen molar-refractivity contribution >= 4 is 5.91 Å². The van der Waals surface area contributed by atoms with Crippen molar-refractivity contribution in [3.8, 4) is 0 Å². The number of nitrogens with one attached hydrogen (secondary N) is 2. The molecule has 1 heterocycles. The molecule has 0 radical (unpaired) electrons. The molecule has 7 heteroatoms. The molecule has 1 saturated carbocycles. The van der Waals surface area contributed by atoms with E-state index in [4.69, 9.17) is 0 Å². The zero-order chi connectivity index (χ0) is 16.4. The van der Waals surface area contributed by atoms with Gasteiger partial charge >= 0.3 is 5.69 Å². The first-order valence-corrected chi connectivity index (χ1v) is 7.69. The minimum absolute atomic E-state index is 0.0119. The number of rotatable bonds is 6. The quantitative estimate of drug-likeness (QED) is 0.841. The number of nitrogens with zero attached hydrogens (tertiary/aromatic N) is 2. The van der Waals surface area contributed by atoms with Crippen LogP contribution in [-0.2, 0) is 13.5 Å². The van der Waals surface area contributed by atoms with Crippen molar-refractivity contribution in [3.63, 3.8) is 0 Å². The Morgan fingerprint density at radius 1 is 1.52 bits per heavy atom. The maximum atomic E-state index is 13.3. The van der Waals surface area contributed by atoms with Gasteiger partial charge in [0.1, 0.15) is 5.82 Å². The van der Waals surface area contributed by atoms with E-state index in [0.717, 1.165) is 29.5 Å². The van der Waals surface area contributed by atoms with Gasteiger partial charge < -0.3 is 5.32 Å². The van der Waals surface area contributed by atoms with Gasteiger partial charge in [-0.2, -0.15) is 0 Å². The molecule has 1 amide bonds. The normalized spacial score (nSPS) is 15.4. The second kappa shape index (κ2) is 6.36. The van der Waals surface area contributed by atoms with Crippen LogP contribution in [0.25, 0.3) is 0 Å². The average molecular weight is 318 g/mol. The lowest BCUT2D eigenvalue weighted by atomic mass is 9.94. The molecule has 1 aliphatic carbocycles. The van der Waals surface area contributed by atoms with Crippen molar-refractivity contribution in [2.24, 2.45) is 18.9 Å². The Balaban J connectivity index is 1.61. The van der Waals surface area contributed by atoms with Crippen LogP contribution in [0.15, 0.2) is 29.1 Å². The Kier molecular flexibility index (Phi) is 4.27.